The fourth-order valence-electron chi connectivity index (χ4n) is 3.48. The lowest BCUT2D eigenvalue weighted by molar-refractivity contribution is -0.129. The van der Waals surface area contributed by atoms with Crippen LogP contribution in [0.4, 0.5) is 0 Å². The van der Waals surface area contributed by atoms with Crippen LogP contribution in [0.15, 0.2) is 24.3 Å². The van der Waals surface area contributed by atoms with Crippen LogP contribution in [0.2, 0.25) is 0 Å². The van der Waals surface area contributed by atoms with Crippen LogP contribution < -0.4 is 5.32 Å². The Morgan fingerprint density at radius 1 is 1.38 bits per heavy atom. The monoisotopic (exact) mass is 361 g/mol. The Bertz CT molecular complexity index is 618. The molecule has 2 amide bonds. The van der Waals surface area contributed by atoms with Gasteiger partial charge in [-0.2, -0.15) is 0 Å². The van der Waals surface area contributed by atoms with Crippen LogP contribution in [0.5, 0.6) is 0 Å². The fraction of sp³-hybridized carbons (Fsp3) is 0.600. The van der Waals surface area contributed by atoms with Gasteiger partial charge in [0.15, 0.2) is 0 Å². The predicted octanol–water partition coefficient (Wildman–Crippen LogP) is 1.60. The number of aryl methyl sites for hydroxylation is 1. The summed E-state index contributed by atoms with van der Waals surface area (Å²) < 4.78 is 5.16. The largest absolute Gasteiger partial charge is 0.383 e. The number of nitrogens with one attached hydrogen (secondary N) is 1. The number of carbonyl (C=O) groups is 2. The number of hydrogen-bond acceptors (Lipinski definition) is 4. The van der Waals surface area contributed by atoms with Crippen molar-refractivity contribution in [2.75, 3.05) is 47.4 Å². The van der Waals surface area contributed by atoms with Gasteiger partial charge in [0.05, 0.1) is 18.6 Å². The Kier molecular flexibility index (Phi) is 7.60. The highest BCUT2D eigenvalue weighted by atomic mass is 16.5. The molecule has 144 valence electrons. The fourth-order valence-corrected chi connectivity index (χ4v) is 3.48. The first kappa shape index (κ1) is 20.4. The SMILES string of the molecule is COCCN1C(=O)C[C@@H](C(=O)NCCCN(C)C)[C@@H]1c1cccc(C)c1. The van der Waals surface area contributed by atoms with Gasteiger partial charge in [0.1, 0.15) is 0 Å². The summed E-state index contributed by atoms with van der Waals surface area (Å²) in [6.45, 7) is 4.53. The van der Waals surface area contributed by atoms with Crippen LogP contribution in [0.3, 0.4) is 0 Å². The van der Waals surface area contributed by atoms with Gasteiger partial charge in [0.25, 0.3) is 0 Å². The van der Waals surface area contributed by atoms with E-state index < -0.39 is 0 Å². The van der Waals surface area contributed by atoms with Crippen molar-refractivity contribution < 1.29 is 14.3 Å². The average molecular weight is 361 g/mol. The lowest BCUT2D eigenvalue weighted by Gasteiger charge is -2.28. The highest BCUT2D eigenvalue weighted by Crippen LogP contribution is 2.38. The number of hydrogen-bond donors (Lipinski definition) is 1. The quantitative estimate of drug-likeness (QED) is 0.679. The summed E-state index contributed by atoms with van der Waals surface area (Å²) in [5.41, 5.74) is 2.14. The molecule has 0 aliphatic carbocycles. The molecule has 1 aliphatic heterocycles. The minimum atomic E-state index is -0.361. The van der Waals surface area contributed by atoms with E-state index in [0.717, 1.165) is 24.1 Å². The van der Waals surface area contributed by atoms with Crippen LogP contribution in [0.1, 0.15) is 30.0 Å². The van der Waals surface area contributed by atoms with E-state index >= 15 is 0 Å². The van der Waals surface area contributed by atoms with Crippen molar-refractivity contribution in [3.8, 4) is 0 Å². The molecule has 1 aromatic rings. The zero-order valence-corrected chi connectivity index (χ0v) is 16.3. The third-order valence-electron chi connectivity index (χ3n) is 4.77. The molecule has 2 rings (SSSR count). The first-order valence-corrected chi connectivity index (χ1v) is 9.21. The lowest BCUT2D eigenvalue weighted by Crippen LogP contribution is -2.37. The van der Waals surface area contributed by atoms with Crippen LogP contribution in [0.25, 0.3) is 0 Å². The molecule has 1 N–H and O–H groups in total. The summed E-state index contributed by atoms with van der Waals surface area (Å²) in [4.78, 5) is 29.2. The topological polar surface area (TPSA) is 61.9 Å². The minimum Gasteiger partial charge on any atom is -0.383 e. The second kappa shape index (κ2) is 9.69. The lowest BCUT2D eigenvalue weighted by atomic mass is 9.92. The third-order valence-corrected chi connectivity index (χ3v) is 4.77. The van der Waals surface area contributed by atoms with Gasteiger partial charge in [-0.05, 0) is 39.5 Å². The molecule has 0 bridgehead atoms. The number of ether oxygens (including phenoxy) is 1. The summed E-state index contributed by atoms with van der Waals surface area (Å²) >= 11 is 0. The molecule has 6 nitrogen and oxygen atoms in total. The third kappa shape index (κ3) is 5.29. The molecule has 1 heterocycles. The number of benzene rings is 1. The molecule has 2 atom stereocenters. The van der Waals surface area contributed by atoms with Crippen molar-refractivity contribution in [3.63, 3.8) is 0 Å². The normalized spacial score (nSPS) is 20.0. The molecule has 1 aromatic carbocycles. The van der Waals surface area contributed by atoms with Crippen LogP contribution in [-0.2, 0) is 14.3 Å². The van der Waals surface area contributed by atoms with Crippen molar-refractivity contribution >= 4 is 11.8 Å². The Hall–Kier alpha value is -1.92. The highest BCUT2D eigenvalue weighted by Gasteiger charge is 2.44. The molecule has 0 aromatic heterocycles. The van der Waals surface area contributed by atoms with Gasteiger partial charge in [-0.1, -0.05) is 29.8 Å². The molecule has 1 saturated heterocycles. The smallest absolute Gasteiger partial charge is 0.226 e. The van der Waals surface area contributed by atoms with E-state index in [0.29, 0.717) is 19.7 Å². The van der Waals surface area contributed by atoms with Gasteiger partial charge in [0, 0.05) is 26.6 Å². The van der Waals surface area contributed by atoms with Crippen LogP contribution >= 0.6 is 0 Å². The van der Waals surface area contributed by atoms with Crippen LogP contribution in [-0.4, -0.2) is 69.1 Å². The minimum absolute atomic E-state index is 0.0157. The van der Waals surface area contributed by atoms with Crippen molar-refractivity contribution in [3.05, 3.63) is 35.4 Å². The van der Waals surface area contributed by atoms with Gasteiger partial charge >= 0.3 is 0 Å². The first-order valence-electron chi connectivity index (χ1n) is 9.21. The molecule has 1 aliphatic rings. The van der Waals surface area contributed by atoms with E-state index in [1.54, 1.807) is 12.0 Å². The Balaban J connectivity index is 2.14. The average Bonchev–Trinajstić information content (AvgIpc) is 2.93. The summed E-state index contributed by atoms with van der Waals surface area (Å²) in [5.74, 6) is -0.383. The second-order valence-electron chi connectivity index (χ2n) is 7.20. The standard InChI is InChI=1S/C20H31N3O3/c1-15-7-5-8-16(13-15)19-17(14-18(24)23(19)11-12-26-4)20(25)21-9-6-10-22(2)3/h5,7-8,13,17,19H,6,9-12,14H2,1-4H3,(H,21,25)/t17-,19+/m1/s1. The van der Waals surface area contributed by atoms with Crippen molar-refractivity contribution in [2.45, 2.75) is 25.8 Å². The van der Waals surface area contributed by atoms with Crippen molar-refractivity contribution in [1.29, 1.82) is 0 Å². The van der Waals surface area contributed by atoms with E-state index in [-0.39, 0.29) is 30.2 Å². The molecule has 0 radical (unpaired) electrons. The van der Waals surface area contributed by atoms with E-state index in [2.05, 4.69) is 16.3 Å². The summed E-state index contributed by atoms with van der Waals surface area (Å²) in [6.07, 6.45) is 1.14. The molecule has 1 fully saturated rings. The molecular formula is C20H31N3O3. The van der Waals surface area contributed by atoms with E-state index in [4.69, 9.17) is 4.74 Å². The van der Waals surface area contributed by atoms with Crippen molar-refractivity contribution in [2.24, 2.45) is 5.92 Å². The second-order valence-corrected chi connectivity index (χ2v) is 7.20. The summed E-state index contributed by atoms with van der Waals surface area (Å²) in [5, 5.41) is 3.02. The number of nitrogens with zero attached hydrogens (tertiary/aromatic N) is 2. The van der Waals surface area contributed by atoms with Gasteiger partial charge in [-0.15, -0.1) is 0 Å². The van der Waals surface area contributed by atoms with Crippen LogP contribution in [0, 0.1) is 12.8 Å². The highest BCUT2D eigenvalue weighted by molar-refractivity contribution is 5.90. The van der Waals surface area contributed by atoms with E-state index in [1.807, 2.05) is 39.2 Å². The maximum Gasteiger partial charge on any atom is 0.226 e. The number of carbonyl (C=O) groups excluding carboxylic acids is 2. The maximum absolute atomic E-state index is 12.8. The van der Waals surface area contributed by atoms with Gasteiger partial charge in [0.2, 0.25) is 11.8 Å². The van der Waals surface area contributed by atoms with Gasteiger partial charge < -0.3 is 19.9 Å². The number of rotatable bonds is 9. The van der Waals surface area contributed by atoms with E-state index in [9.17, 15) is 9.59 Å². The Morgan fingerprint density at radius 2 is 2.15 bits per heavy atom. The van der Waals surface area contributed by atoms with E-state index in [1.165, 1.54) is 0 Å². The molecule has 0 saturated carbocycles. The first-order chi connectivity index (χ1) is 12.4. The molecule has 26 heavy (non-hydrogen) atoms. The van der Waals surface area contributed by atoms with Gasteiger partial charge in [-0.3, -0.25) is 9.59 Å². The number of methoxy groups -OCH3 is 1. The summed E-state index contributed by atoms with van der Waals surface area (Å²) in [7, 11) is 5.65. The molecule has 0 unspecified atom stereocenters. The molecule has 6 heteroatoms. The molecule has 0 spiro atoms. The maximum atomic E-state index is 12.8. The number of amides is 2. The van der Waals surface area contributed by atoms with Crippen molar-refractivity contribution in [1.82, 2.24) is 15.1 Å². The predicted molar refractivity (Wildman–Crippen MR) is 102 cm³/mol. The van der Waals surface area contributed by atoms with Gasteiger partial charge in [-0.25, -0.2) is 0 Å². The zero-order valence-electron chi connectivity index (χ0n) is 16.3. The molecular weight excluding hydrogens is 330 g/mol. The Labute approximate surface area is 156 Å². The number of likely N-dealkylation sites (tertiary alicyclic amines) is 1. The Morgan fingerprint density at radius 3 is 2.81 bits per heavy atom. The zero-order chi connectivity index (χ0) is 19.1. The summed E-state index contributed by atoms with van der Waals surface area (Å²) in [6, 6.07) is 7.84.